The maximum Gasteiger partial charge on any atom is 0.245 e. The molecule has 136 valence electrons. The van der Waals surface area contributed by atoms with Crippen LogP contribution in [0.3, 0.4) is 0 Å². The Bertz CT molecular complexity index is 1030. The minimum absolute atomic E-state index is 0.305. The highest BCUT2D eigenvalue weighted by Crippen LogP contribution is 2.26. The molecule has 1 fully saturated rings. The number of pyridine rings is 1. The smallest absolute Gasteiger partial charge is 0.245 e. The molecule has 2 aromatic heterocycles. The first-order valence-electron chi connectivity index (χ1n) is 8.44. The number of H-pyrrole nitrogens is 1. The molecule has 3 aromatic rings. The van der Waals surface area contributed by atoms with E-state index in [1.165, 1.54) is 5.56 Å². The van der Waals surface area contributed by atoms with E-state index < -0.39 is 10.0 Å². The molecule has 1 aliphatic heterocycles. The van der Waals surface area contributed by atoms with Crippen LogP contribution < -0.4 is 0 Å². The number of rotatable bonds is 4. The quantitative estimate of drug-likeness (QED) is 0.685. The van der Waals surface area contributed by atoms with Gasteiger partial charge in [0.05, 0.1) is 0 Å². The summed E-state index contributed by atoms with van der Waals surface area (Å²) in [6.45, 7) is 3.20. The van der Waals surface area contributed by atoms with Crippen molar-refractivity contribution >= 4 is 37.0 Å². The van der Waals surface area contributed by atoms with Crippen molar-refractivity contribution in [1.82, 2.24) is 19.2 Å². The third-order valence-corrected chi connectivity index (χ3v) is 7.43. The van der Waals surface area contributed by atoms with E-state index in [0.717, 1.165) is 11.0 Å². The molecule has 0 saturated carbocycles. The fourth-order valence-electron chi connectivity index (χ4n) is 3.28. The molecule has 3 heterocycles. The van der Waals surface area contributed by atoms with E-state index in [0.29, 0.717) is 42.1 Å². The summed E-state index contributed by atoms with van der Waals surface area (Å²) in [6, 6.07) is 11.7. The first-order chi connectivity index (χ1) is 12.6. The number of nitrogens with zero attached hydrogens (tertiary/aromatic N) is 3. The van der Waals surface area contributed by atoms with E-state index >= 15 is 0 Å². The molecule has 6 nitrogen and oxygen atoms in total. The summed E-state index contributed by atoms with van der Waals surface area (Å²) in [5.74, 6) is 0. The minimum Gasteiger partial charge on any atom is -0.345 e. The van der Waals surface area contributed by atoms with Crippen molar-refractivity contribution in [3.63, 3.8) is 0 Å². The molecule has 1 saturated heterocycles. The van der Waals surface area contributed by atoms with E-state index in [1.54, 1.807) is 28.8 Å². The molecule has 0 radical (unpaired) electrons. The molecule has 1 N–H and O–H groups in total. The number of nitrogens with one attached hydrogen (secondary N) is 1. The van der Waals surface area contributed by atoms with Crippen LogP contribution >= 0.6 is 15.9 Å². The van der Waals surface area contributed by atoms with Gasteiger partial charge in [0.2, 0.25) is 10.0 Å². The van der Waals surface area contributed by atoms with Crippen molar-refractivity contribution in [3.05, 3.63) is 58.8 Å². The zero-order valence-corrected chi connectivity index (χ0v) is 16.5. The van der Waals surface area contributed by atoms with E-state index in [1.807, 2.05) is 18.2 Å². The molecule has 0 atom stereocenters. The fourth-order valence-corrected chi connectivity index (χ4v) is 5.26. The molecular formula is C18H19BrN4O2S. The Labute approximate surface area is 161 Å². The lowest BCUT2D eigenvalue weighted by atomic mass is 10.2. The van der Waals surface area contributed by atoms with Crippen LogP contribution in [0.1, 0.15) is 5.56 Å². The van der Waals surface area contributed by atoms with E-state index in [9.17, 15) is 8.42 Å². The predicted octanol–water partition coefficient (Wildman–Crippen LogP) is 2.83. The summed E-state index contributed by atoms with van der Waals surface area (Å²) >= 11 is 3.57. The second-order valence-electron chi connectivity index (χ2n) is 6.32. The van der Waals surface area contributed by atoms with Gasteiger partial charge in [-0.1, -0.05) is 34.1 Å². The van der Waals surface area contributed by atoms with E-state index in [4.69, 9.17) is 0 Å². The van der Waals surface area contributed by atoms with Gasteiger partial charge in [0.25, 0.3) is 0 Å². The highest BCUT2D eigenvalue weighted by molar-refractivity contribution is 9.10. The summed E-state index contributed by atoms with van der Waals surface area (Å²) in [6.07, 6.45) is 3.19. The Morgan fingerprint density at radius 2 is 1.85 bits per heavy atom. The van der Waals surface area contributed by atoms with Gasteiger partial charge >= 0.3 is 0 Å². The Balaban J connectivity index is 1.48. The minimum atomic E-state index is -3.52. The molecule has 1 aliphatic rings. The topological polar surface area (TPSA) is 69.3 Å². The Morgan fingerprint density at radius 1 is 1.08 bits per heavy atom. The molecule has 8 heteroatoms. The molecular weight excluding hydrogens is 416 g/mol. The number of sulfonamides is 1. The molecule has 0 spiro atoms. The average molecular weight is 435 g/mol. The lowest BCUT2D eigenvalue weighted by Crippen LogP contribution is -2.48. The molecule has 1 aromatic carbocycles. The molecule has 0 bridgehead atoms. The number of aromatic amines is 1. The largest absolute Gasteiger partial charge is 0.345 e. The van der Waals surface area contributed by atoms with Gasteiger partial charge in [0.1, 0.15) is 10.5 Å². The number of piperazine rings is 1. The standard InChI is InChI=1S/C18H19BrN4O2S/c19-16-6-2-1-4-14(16)13-22-8-10-23(11-9-22)26(24,25)17-12-21-18-15(17)5-3-7-20-18/h1-7,12H,8-11,13H2,(H,20,21). The SMILES string of the molecule is O=S(=O)(c1c[nH]c2ncccc12)N1CCN(Cc2ccccc2Br)CC1. The van der Waals surface area contributed by atoms with Gasteiger partial charge in [-0.3, -0.25) is 4.90 Å². The monoisotopic (exact) mass is 434 g/mol. The number of fused-ring (bicyclic) bond motifs is 1. The van der Waals surface area contributed by atoms with Crippen molar-refractivity contribution in [2.75, 3.05) is 26.2 Å². The number of hydrogen-bond acceptors (Lipinski definition) is 4. The van der Waals surface area contributed by atoms with E-state index in [-0.39, 0.29) is 0 Å². The number of hydrogen-bond donors (Lipinski definition) is 1. The van der Waals surface area contributed by atoms with Gasteiger partial charge in [0, 0.05) is 55.0 Å². The summed E-state index contributed by atoms with van der Waals surface area (Å²) in [5, 5.41) is 0.642. The second kappa shape index (κ2) is 7.11. The normalized spacial score (nSPS) is 17.0. The number of benzene rings is 1. The maximum absolute atomic E-state index is 13.0. The van der Waals surface area contributed by atoms with Crippen LogP contribution in [0.5, 0.6) is 0 Å². The van der Waals surface area contributed by atoms with Crippen molar-refractivity contribution in [3.8, 4) is 0 Å². The molecule has 0 unspecified atom stereocenters. The van der Waals surface area contributed by atoms with Crippen molar-refractivity contribution in [2.45, 2.75) is 11.4 Å². The summed E-state index contributed by atoms with van der Waals surface area (Å²) in [5.41, 5.74) is 1.81. The van der Waals surface area contributed by atoms with Crippen LogP contribution in [-0.2, 0) is 16.6 Å². The van der Waals surface area contributed by atoms with Crippen LogP contribution in [0.4, 0.5) is 0 Å². The highest BCUT2D eigenvalue weighted by Gasteiger charge is 2.30. The molecule has 0 aliphatic carbocycles. The van der Waals surface area contributed by atoms with E-state index in [2.05, 4.69) is 36.9 Å². The molecule has 26 heavy (non-hydrogen) atoms. The summed E-state index contributed by atoms with van der Waals surface area (Å²) < 4.78 is 28.7. The Morgan fingerprint density at radius 3 is 2.62 bits per heavy atom. The highest BCUT2D eigenvalue weighted by atomic mass is 79.9. The van der Waals surface area contributed by atoms with Crippen molar-refractivity contribution in [1.29, 1.82) is 0 Å². The summed E-state index contributed by atoms with van der Waals surface area (Å²) in [7, 11) is -3.52. The Hall–Kier alpha value is -1.74. The molecule has 4 rings (SSSR count). The average Bonchev–Trinajstić information content (AvgIpc) is 3.09. The third kappa shape index (κ3) is 3.29. The van der Waals surface area contributed by atoms with Crippen molar-refractivity contribution in [2.24, 2.45) is 0 Å². The number of halogens is 1. The van der Waals surface area contributed by atoms with Gasteiger partial charge in [-0.25, -0.2) is 13.4 Å². The molecule has 0 amide bonds. The van der Waals surface area contributed by atoms with Crippen LogP contribution in [0.25, 0.3) is 11.0 Å². The Kier molecular flexibility index (Phi) is 4.83. The van der Waals surface area contributed by atoms with Crippen LogP contribution in [0.15, 0.2) is 58.2 Å². The lowest BCUT2D eigenvalue weighted by Gasteiger charge is -2.34. The predicted molar refractivity (Wildman–Crippen MR) is 104 cm³/mol. The van der Waals surface area contributed by atoms with Gasteiger partial charge in [0.15, 0.2) is 0 Å². The van der Waals surface area contributed by atoms with Crippen molar-refractivity contribution < 1.29 is 8.42 Å². The van der Waals surface area contributed by atoms with Gasteiger partial charge < -0.3 is 4.98 Å². The van der Waals surface area contributed by atoms with Crippen LogP contribution in [0, 0.1) is 0 Å². The van der Waals surface area contributed by atoms with Gasteiger partial charge in [-0.15, -0.1) is 0 Å². The van der Waals surface area contributed by atoms with Gasteiger partial charge in [-0.2, -0.15) is 4.31 Å². The maximum atomic E-state index is 13.0. The zero-order valence-electron chi connectivity index (χ0n) is 14.1. The lowest BCUT2D eigenvalue weighted by molar-refractivity contribution is 0.181. The second-order valence-corrected chi connectivity index (χ2v) is 9.08. The number of aromatic nitrogens is 2. The first kappa shape index (κ1) is 17.7. The fraction of sp³-hybridized carbons (Fsp3) is 0.278. The van der Waals surface area contributed by atoms with Gasteiger partial charge in [-0.05, 0) is 23.8 Å². The third-order valence-electron chi connectivity index (χ3n) is 4.71. The zero-order chi connectivity index (χ0) is 18.1. The summed E-state index contributed by atoms with van der Waals surface area (Å²) in [4.78, 5) is 9.71. The van der Waals surface area contributed by atoms with Crippen LogP contribution in [-0.4, -0.2) is 53.8 Å². The van der Waals surface area contributed by atoms with Crippen LogP contribution in [0.2, 0.25) is 0 Å². The first-order valence-corrected chi connectivity index (χ1v) is 10.7.